The van der Waals surface area contributed by atoms with Crippen LogP contribution in [0.4, 0.5) is 6.01 Å². The smallest absolute Gasteiger partial charge is 0.305 e. The molecule has 5 rings (SSSR count). The van der Waals surface area contributed by atoms with Gasteiger partial charge < -0.3 is 9.32 Å². The number of aryl methyl sites for hydroxylation is 1. The molecule has 9 nitrogen and oxygen atoms in total. The van der Waals surface area contributed by atoms with E-state index in [1.807, 2.05) is 32.0 Å². The first-order chi connectivity index (χ1) is 16.4. The second kappa shape index (κ2) is 8.90. The van der Waals surface area contributed by atoms with E-state index in [1.165, 1.54) is 9.70 Å². The molecule has 0 saturated carbocycles. The third-order valence-electron chi connectivity index (χ3n) is 6.03. The van der Waals surface area contributed by atoms with Crippen LogP contribution in [-0.2, 0) is 4.79 Å². The monoisotopic (exact) mass is 478 g/mol. The van der Waals surface area contributed by atoms with Crippen LogP contribution in [0.5, 0.6) is 0 Å². The van der Waals surface area contributed by atoms with Gasteiger partial charge in [-0.3, -0.25) is 14.5 Å². The van der Waals surface area contributed by atoms with Crippen molar-refractivity contribution in [3.63, 3.8) is 0 Å². The molecule has 34 heavy (non-hydrogen) atoms. The summed E-state index contributed by atoms with van der Waals surface area (Å²) < 4.78 is 5.83. The largest absolute Gasteiger partial charge is 0.423 e. The van der Waals surface area contributed by atoms with Gasteiger partial charge in [0, 0.05) is 30.6 Å². The summed E-state index contributed by atoms with van der Waals surface area (Å²) in [6, 6.07) is 10.7. The van der Waals surface area contributed by atoms with Crippen LogP contribution in [-0.4, -0.2) is 55.8 Å². The summed E-state index contributed by atoms with van der Waals surface area (Å²) in [5.41, 5.74) is 3.17. The minimum absolute atomic E-state index is 0.141. The number of fused-ring (bicyclic) bond motifs is 1. The van der Waals surface area contributed by atoms with Gasteiger partial charge in [-0.25, -0.2) is 0 Å². The summed E-state index contributed by atoms with van der Waals surface area (Å²) in [5.74, 6) is -0.306. The number of hydrogen-bond donors (Lipinski definition) is 0. The minimum atomic E-state index is -0.261. The fourth-order valence-corrected chi connectivity index (χ4v) is 4.43. The van der Waals surface area contributed by atoms with Crippen molar-refractivity contribution in [1.29, 1.82) is 0 Å². The Kier molecular flexibility index (Phi) is 5.79. The average molecular weight is 479 g/mol. The Morgan fingerprint density at radius 1 is 1.15 bits per heavy atom. The van der Waals surface area contributed by atoms with Crippen molar-refractivity contribution in [1.82, 2.24) is 24.9 Å². The summed E-state index contributed by atoms with van der Waals surface area (Å²) in [7, 11) is 0. The maximum Gasteiger partial charge on any atom is 0.305 e. The van der Waals surface area contributed by atoms with Crippen LogP contribution in [0.3, 0.4) is 0 Å². The quantitative estimate of drug-likeness (QED) is 0.439. The highest BCUT2D eigenvalue weighted by Crippen LogP contribution is 2.28. The van der Waals surface area contributed by atoms with Crippen molar-refractivity contribution in [2.75, 3.05) is 18.0 Å². The Morgan fingerprint density at radius 3 is 2.71 bits per heavy atom. The Morgan fingerprint density at radius 2 is 1.94 bits per heavy atom. The SMILES string of the molecule is CCC1CC(=O)N(c2nc3cc(Cl)ccc3o2)CCN1C(=O)c1cc(C)ccc1-n1nccn1. The Hall–Kier alpha value is -3.72. The normalized spacial score (nSPS) is 16.8. The van der Waals surface area contributed by atoms with Gasteiger partial charge >= 0.3 is 6.01 Å². The summed E-state index contributed by atoms with van der Waals surface area (Å²) in [5, 5.41) is 8.93. The highest BCUT2D eigenvalue weighted by molar-refractivity contribution is 6.31. The lowest BCUT2D eigenvalue weighted by atomic mass is 10.0. The summed E-state index contributed by atoms with van der Waals surface area (Å²) in [4.78, 5) is 36.1. The van der Waals surface area contributed by atoms with Crippen LogP contribution >= 0.6 is 11.6 Å². The summed E-state index contributed by atoms with van der Waals surface area (Å²) >= 11 is 6.06. The second-order valence-corrected chi connectivity index (χ2v) is 8.69. The Balaban J connectivity index is 1.47. The molecule has 1 aliphatic heterocycles. The Labute approximate surface area is 200 Å². The molecule has 1 aliphatic rings. The number of hydrogen-bond acceptors (Lipinski definition) is 6. The van der Waals surface area contributed by atoms with Gasteiger partial charge in [0.25, 0.3) is 5.91 Å². The summed E-state index contributed by atoms with van der Waals surface area (Å²) in [6.07, 6.45) is 3.94. The molecule has 0 bridgehead atoms. The van der Waals surface area contributed by atoms with Gasteiger partial charge in [-0.2, -0.15) is 20.0 Å². The van der Waals surface area contributed by atoms with Gasteiger partial charge in [0.1, 0.15) is 5.52 Å². The number of anilines is 1. The van der Waals surface area contributed by atoms with E-state index in [2.05, 4.69) is 15.2 Å². The maximum absolute atomic E-state index is 13.8. The number of halogens is 1. The van der Waals surface area contributed by atoms with Crippen molar-refractivity contribution in [2.24, 2.45) is 0 Å². The molecule has 2 aromatic heterocycles. The van der Waals surface area contributed by atoms with Gasteiger partial charge in [0.05, 0.1) is 23.6 Å². The highest BCUT2D eigenvalue weighted by atomic mass is 35.5. The van der Waals surface area contributed by atoms with Crippen molar-refractivity contribution in [2.45, 2.75) is 32.7 Å². The molecule has 3 heterocycles. The van der Waals surface area contributed by atoms with Crippen molar-refractivity contribution in [3.8, 4) is 5.69 Å². The fraction of sp³-hybridized carbons (Fsp3) is 0.292. The molecule has 4 aromatic rings. The van der Waals surface area contributed by atoms with E-state index in [0.717, 1.165) is 5.56 Å². The van der Waals surface area contributed by atoms with Crippen LogP contribution in [0.15, 0.2) is 53.2 Å². The second-order valence-electron chi connectivity index (χ2n) is 8.26. The zero-order chi connectivity index (χ0) is 23.8. The van der Waals surface area contributed by atoms with E-state index >= 15 is 0 Å². The molecule has 1 saturated heterocycles. The van der Waals surface area contributed by atoms with Gasteiger partial charge in [0.15, 0.2) is 5.58 Å². The van der Waals surface area contributed by atoms with Gasteiger partial charge in [-0.1, -0.05) is 30.2 Å². The van der Waals surface area contributed by atoms with Crippen LogP contribution in [0.25, 0.3) is 16.8 Å². The first-order valence-electron chi connectivity index (χ1n) is 11.1. The average Bonchev–Trinajstić information content (AvgIpc) is 3.46. The number of carbonyl (C=O) groups excluding carboxylic acids is 2. The maximum atomic E-state index is 13.8. The molecule has 1 fully saturated rings. The van der Waals surface area contributed by atoms with Gasteiger partial charge in [-0.05, 0) is 43.7 Å². The third kappa shape index (κ3) is 4.03. The number of benzene rings is 2. The molecule has 0 spiro atoms. The lowest BCUT2D eigenvalue weighted by molar-refractivity contribution is -0.119. The molecule has 1 unspecified atom stereocenters. The molecule has 174 valence electrons. The van der Waals surface area contributed by atoms with Crippen LogP contribution in [0.1, 0.15) is 35.7 Å². The van der Waals surface area contributed by atoms with E-state index in [0.29, 0.717) is 40.3 Å². The molecule has 1 atom stereocenters. The summed E-state index contributed by atoms with van der Waals surface area (Å²) in [6.45, 7) is 4.51. The zero-order valence-electron chi connectivity index (χ0n) is 18.8. The number of carbonyl (C=O) groups is 2. The number of amides is 2. The lowest BCUT2D eigenvalue weighted by Crippen LogP contribution is -2.41. The first kappa shape index (κ1) is 22.1. The molecule has 2 amide bonds. The topological polar surface area (TPSA) is 97.4 Å². The molecular weight excluding hydrogens is 456 g/mol. The van der Waals surface area contributed by atoms with Crippen molar-refractivity contribution >= 4 is 40.5 Å². The zero-order valence-corrected chi connectivity index (χ0v) is 19.6. The van der Waals surface area contributed by atoms with E-state index in [-0.39, 0.29) is 36.8 Å². The van der Waals surface area contributed by atoms with Crippen LogP contribution < -0.4 is 4.90 Å². The van der Waals surface area contributed by atoms with Crippen LogP contribution in [0.2, 0.25) is 5.02 Å². The number of rotatable bonds is 4. The van der Waals surface area contributed by atoms with E-state index in [1.54, 1.807) is 35.5 Å². The van der Waals surface area contributed by atoms with Crippen LogP contribution in [0, 0.1) is 6.92 Å². The molecule has 10 heteroatoms. The standard InChI is InChI=1S/C24H23ClN6O3/c1-3-17-14-22(32)30(24-28-19-13-16(25)5-7-21(19)34-24)11-10-29(17)23(33)18-12-15(2)4-6-20(18)31-26-8-9-27-31/h4-9,12-13,17H,3,10-11,14H2,1-2H3. The number of nitrogens with zero attached hydrogens (tertiary/aromatic N) is 6. The number of oxazole rings is 1. The van der Waals surface area contributed by atoms with Gasteiger partial charge in [-0.15, -0.1) is 0 Å². The molecule has 2 aromatic carbocycles. The first-order valence-corrected chi connectivity index (χ1v) is 11.5. The predicted octanol–water partition coefficient (Wildman–Crippen LogP) is 4.03. The minimum Gasteiger partial charge on any atom is -0.423 e. The lowest BCUT2D eigenvalue weighted by Gasteiger charge is -2.29. The fourth-order valence-electron chi connectivity index (χ4n) is 4.27. The highest BCUT2D eigenvalue weighted by Gasteiger charge is 2.34. The van der Waals surface area contributed by atoms with E-state index in [9.17, 15) is 9.59 Å². The number of aromatic nitrogens is 4. The third-order valence-corrected chi connectivity index (χ3v) is 6.27. The molecule has 0 aliphatic carbocycles. The van der Waals surface area contributed by atoms with E-state index in [4.69, 9.17) is 16.0 Å². The van der Waals surface area contributed by atoms with E-state index < -0.39 is 0 Å². The van der Waals surface area contributed by atoms with Gasteiger partial charge in [0.2, 0.25) is 5.91 Å². The van der Waals surface area contributed by atoms with Crippen molar-refractivity contribution < 1.29 is 14.0 Å². The molecule has 0 radical (unpaired) electrons. The molecular formula is C24H23ClN6O3. The predicted molar refractivity (Wildman–Crippen MR) is 127 cm³/mol. The molecule has 0 N–H and O–H groups in total. The van der Waals surface area contributed by atoms with Crippen molar-refractivity contribution in [3.05, 3.63) is 64.9 Å². The Bertz CT molecular complexity index is 1370.